The van der Waals surface area contributed by atoms with Gasteiger partial charge in [0.15, 0.2) is 0 Å². The Morgan fingerprint density at radius 3 is 2.08 bits per heavy atom. The minimum Gasteiger partial charge on any atom is -0.516 e. The molecule has 0 aliphatic carbocycles. The van der Waals surface area contributed by atoms with Gasteiger partial charge in [-0.15, -0.1) is 0 Å². The monoisotopic (exact) mass is 200 g/mol. The lowest BCUT2D eigenvalue weighted by molar-refractivity contribution is -0.130. The molecule has 13 heavy (non-hydrogen) atoms. The molecular formula is C10H20O2Si. The number of hydrogen-bond donors (Lipinski definition) is 0. The highest BCUT2D eigenvalue weighted by atomic mass is 28.4. The molecule has 0 atom stereocenters. The van der Waals surface area contributed by atoms with E-state index in [9.17, 15) is 4.79 Å². The fourth-order valence-corrected chi connectivity index (χ4v) is 1.45. The van der Waals surface area contributed by atoms with Crippen LogP contribution in [-0.4, -0.2) is 14.3 Å². The van der Waals surface area contributed by atoms with Crippen LogP contribution in [0.25, 0.3) is 0 Å². The molecule has 0 aliphatic heterocycles. The van der Waals surface area contributed by atoms with Crippen LogP contribution in [0, 0.1) is 0 Å². The summed E-state index contributed by atoms with van der Waals surface area (Å²) in [5.74, 6) is -0.214. The first-order chi connectivity index (χ1) is 5.70. The van der Waals surface area contributed by atoms with Crippen molar-refractivity contribution >= 4 is 14.3 Å². The van der Waals surface area contributed by atoms with Crippen LogP contribution in [0.3, 0.4) is 0 Å². The number of hydrogen-bond acceptors (Lipinski definition) is 2. The summed E-state index contributed by atoms with van der Waals surface area (Å²) < 4.78 is 5.46. The van der Waals surface area contributed by atoms with E-state index in [4.69, 9.17) is 4.43 Å². The SMILES string of the molecule is C/C=C/C(=O)O[Si](C)(C)C(C)(C)C. The molecule has 0 amide bonds. The zero-order valence-corrected chi connectivity index (χ0v) is 10.5. The summed E-state index contributed by atoms with van der Waals surface area (Å²) >= 11 is 0. The van der Waals surface area contributed by atoms with Gasteiger partial charge < -0.3 is 4.43 Å². The summed E-state index contributed by atoms with van der Waals surface area (Å²) in [4.78, 5) is 11.2. The third-order valence-corrected chi connectivity index (χ3v) is 6.79. The van der Waals surface area contributed by atoms with Crippen molar-refractivity contribution < 1.29 is 9.22 Å². The first-order valence-corrected chi connectivity index (χ1v) is 7.47. The van der Waals surface area contributed by atoms with Crippen molar-refractivity contribution in [2.45, 2.75) is 45.8 Å². The summed E-state index contributed by atoms with van der Waals surface area (Å²) in [6.07, 6.45) is 3.18. The average molecular weight is 200 g/mol. The van der Waals surface area contributed by atoms with Crippen molar-refractivity contribution in [3.05, 3.63) is 12.2 Å². The Morgan fingerprint density at radius 2 is 1.77 bits per heavy atom. The van der Waals surface area contributed by atoms with Crippen molar-refractivity contribution in [1.29, 1.82) is 0 Å². The molecule has 0 aromatic heterocycles. The van der Waals surface area contributed by atoms with Gasteiger partial charge >= 0.3 is 5.97 Å². The van der Waals surface area contributed by atoms with Crippen LogP contribution in [0.4, 0.5) is 0 Å². The number of carbonyl (C=O) groups excluding carboxylic acids is 1. The van der Waals surface area contributed by atoms with Gasteiger partial charge in [-0.3, -0.25) is 0 Å². The zero-order valence-electron chi connectivity index (χ0n) is 9.47. The standard InChI is InChI=1S/C10H20O2Si/c1-7-8-9(11)12-13(5,6)10(2,3)4/h7-8H,1-6H3/b8-7+. The van der Waals surface area contributed by atoms with Gasteiger partial charge in [0.1, 0.15) is 0 Å². The minimum atomic E-state index is -1.91. The van der Waals surface area contributed by atoms with Crippen molar-refractivity contribution in [2.24, 2.45) is 0 Å². The normalized spacial score (nSPS) is 13.4. The predicted molar refractivity (Wildman–Crippen MR) is 58.1 cm³/mol. The molecule has 3 heteroatoms. The van der Waals surface area contributed by atoms with E-state index in [1.807, 2.05) is 6.92 Å². The van der Waals surface area contributed by atoms with Gasteiger partial charge in [-0.2, -0.15) is 0 Å². The average Bonchev–Trinajstić information content (AvgIpc) is 1.83. The second-order valence-electron chi connectivity index (χ2n) is 4.68. The third kappa shape index (κ3) is 3.76. The zero-order chi connectivity index (χ0) is 10.7. The molecule has 0 unspecified atom stereocenters. The molecule has 0 spiro atoms. The van der Waals surface area contributed by atoms with Crippen LogP contribution in [0.5, 0.6) is 0 Å². The van der Waals surface area contributed by atoms with Gasteiger partial charge in [0.2, 0.25) is 0 Å². The Balaban J connectivity index is 4.43. The van der Waals surface area contributed by atoms with Crippen LogP contribution < -0.4 is 0 Å². The van der Waals surface area contributed by atoms with Crippen molar-refractivity contribution in [3.63, 3.8) is 0 Å². The van der Waals surface area contributed by atoms with Crippen LogP contribution >= 0.6 is 0 Å². The Morgan fingerprint density at radius 1 is 1.31 bits per heavy atom. The minimum absolute atomic E-state index is 0.0875. The second-order valence-corrected chi connectivity index (χ2v) is 9.41. The highest BCUT2D eigenvalue weighted by Crippen LogP contribution is 2.36. The van der Waals surface area contributed by atoms with Crippen LogP contribution in [0.1, 0.15) is 27.7 Å². The number of rotatable bonds is 2. The first-order valence-electron chi connectivity index (χ1n) is 4.56. The topological polar surface area (TPSA) is 26.3 Å². The van der Waals surface area contributed by atoms with Crippen molar-refractivity contribution in [2.75, 3.05) is 0 Å². The van der Waals surface area contributed by atoms with E-state index in [2.05, 4.69) is 33.9 Å². The quantitative estimate of drug-likeness (QED) is 0.506. The molecular weight excluding hydrogens is 180 g/mol. The lowest BCUT2D eigenvalue weighted by atomic mass is 10.2. The highest BCUT2D eigenvalue weighted by molar-refractivity contribution is 6.75. The molecule has 76 valence electrons. The summed E-state index contributed by atoms with van der Waals surface area (Å²) in [6, 6.07) is 0. The molecule has 0 fully saturated rings. The maximum absolute atomic E-state index is 11.2. The highest BCUT2D eigenvalue weighted by Gasteiger charge is 2.39. The van der Waals surface area contributed by atoms with E-state index in [1.165, 1.54) is 6.08 Å². The van der Waals surface area contributed by atoms with E-state index >= 15 is 0 Å². The van der Waals surface area contributed by atoms with E-state index in [-0.39, 0.29) is 11.0 Å². The number of carbonyl (C=O) groups is 1. The van der Waals surface area contributed by atoms with Crippen LogP contribution in [-0.2, 0) is 9.22 Å². The molecule has 0 aromatic rings. The van der Waals surface area contributed by atoms with E-state index in [1.54, 1.807) is 6.08 Å². The Labute approximate surface area is 82.1 Å². The lowest BCUT2D eigenvalue weighted by Crippen LogP contribution is -2.42. The molecule has 0 saturated heterocycles. The fourth-order valence-electron chi connectivity index (χ4n) is 0.575. The largest absolute Gasteiger partial charge is 0.516 e. The molecule has 2 nitrogen and oxygen atoms in total. The fraction of sp³-hybridized carbons (Fsp3) is 0.700. The molecule has 0 aromatic carbocycles. The molecule has 0 radical (unpaired) electrons. The second kappa shape index (κ2) is 4.09. The van der Waals surface area contributed by atoms with Crippen molar-refractivity contribution in [3.8, 4) is 0 Å². The smallest absolute Gasteiger partial charge is 0.317 e. The van der Waals surface area contributed by atoms with Gasteiger partial charge in [0.05, 0.1) is 0 Å². The Kier molecular flexibility index (Phi) is 3.91. The molecule has 0 N–H and O–H groups in total. The molecule has 0 heterocycles. The van der Waals surface area contributed by atoms with Gasteiger partial charge in [-0.05, 0) is 25.1 Å². The summed E-state index contributed by atoms with van der Waals surface area (Å²) in [5, 5.41) is 0.0875. The third-order valence-electron chi connectivity index (χ3n) is 2.46. The maximum Gasteiger partial charge on any atom is 0.317 e. The van der Waals surface area contributed by atoms with Crippen LogP contribution in [0.15, 0.2) is 12.2 Å². The van der Waals surface area contributed by atoms with Crippen LogP contribution in [0.2, 0.25) is 18.1 Å². The molecule has 0 saturated carbocycles. The van der Waals surface area contributed by atoms with E-state index < -0.39 is 8.32 Å². The van der Waals surface area contributed by atoms with Gasteiger partial charge in [-0.25, -0.2) is 4.79 Å². The maximum atomic E-state index is 11.2. The van der Waals surface area contributed by atoms with Gasteiger partial charge in [0, 0.05) is 6.08 Å². The van der Waals surface area contributed by atoms with E-state index in [0.717, 1.165) is 0 Å². The van der Waals surface area contributed by atoms with Crippen molar-refractivity contribution in [1.82, 2.24) is 0 Å². The Bertz CT molecular complexity index is 211. The molecule has 0 bridgehead atoms. The molecule has 0 rings (SSSR count). The van der Waals surface area contributed by atoms with Gasteiger partial charge in [-0.1, -0.05) is 26.8 Å². The summed E-state index contributed by atoms with van der Waals surface area (Å²) in [7, 11) is -1.91. The van der Waals surface area contributed by atoms with E-state index in [0.29, 0.717) is 0 Å². The van der Waals surface area contributed by atoms with Gasteiger partial charge in [0.25, 0.3) is 8.32 Å². The summed E-state index contributed by atoms with van der Waals surface area (Å²) in [5.41, 5.74) is 0. The Hall–Kier alpha value is -0.573. The predicted octanol–water partition coefficient (Wildman–Crippen LogP) is 3.11. The summed E-state index contributed by atoms with van der Waals surface area (Å²) in [6.45, 7) is 12.3. The lowest BCUT2D eigenvalue weighted by Gasteiger charge is -2.34. The first kappa shape index (κ1) is 12.4. The number of allylic oxidation sites excluding steroid dienone is 1. The molecule has 0 aliphatic rings.